The molecule has 126 valence electrons. The maximum absolute atomic E-state index is 5.87. The Morgan fingerprint density at radius 1 is 1.22 bits per heavy atom. The third kappa shape index (κ3) is 4.24. The van der Waals surface area contributed by atoms with E-state index in [2.05, 4.69) is 35.7 Å². The number of hydrogen-bond donors (Lipinski definition) is 0. The molecule has 0 unspecified atom stereocenters. The van der Waals surface area contributed by atoms with E-state index in [-0.39, 0.29) is 0 Å². The average molecular weight is 317 g/mol. The Balaban J connectivity index is 1.47. The summed E-state index contributed by atoms with van der Waals surface area (Å²) in [5.41, 5.74) is 1.71. The zero-order valence-electron chi connectivity index (χ0n) is 14.4. The van der Waals surface area contributed by atoms with Gasteiger partial charge in [0.2, 0.25) is 0 Å². The third-order valence-electron chi connectivity index (χ3n) is 4.35. The van der Waals surface area contributed by atoms with Crippen LogP contribution in [0, 0.1) is 0 Å². The SMILES string of the molecule is CC(C)c1nc2ccc(OCCCN3CCN(C)CC3)cc2o1. The van der Waals surface area contributed by atoms with E-state index in [1.165, 1.54) is 26.2 Å². The molecule has 0 saturated carbocycles. The predicted molar refractivity (Wildman–Crippen MR) is 92.1 cm³/mol. The molecule has 3 rings (SSSR count). The minimum Gasteiger partial charge on any atom is -0.493 e. The Morgan fingerprint density at radius 2 is 2.00 bits per heavy atom. The number of oxazole rings is 1. The van der Waals surface area contributed by atoms with Crippen molar-refractivity contribution in [3.63, 3.8) is 0 Å². The minimum absolute atomic E-state index is 0.301. The van der Waals surface area contributed by atoms with E-state index in [1.54, 1.807) is 0 Å². The second kappa shape index (κ2) is 7.32. The number of piperazine rings is 1. The van der Waals surface area contributed by atoms with Crippen LogP contribution in [0.3, 0.4) is 0 Å². The number of fused-ring (bicyclic) bond motifs is 1. The van der Waals surface area contributed by atoms with Gasteiger partial charge in [-0.3, -0.25) is 0 Å². The van der Waals surface area contributed by atoms with Crippen molar-refractivity contribution in [1.29, 1.82) is 0 Å². The summed E-state index contributed by atoms with van der Waals surface area (Å²) in [6, 6.07) is 5.90. The summed E-state index contributed by atoms with van der Waals surface area (Å²) in [5, 5.41) is 0. The first kappa shape index (κ1) is 16.3. The lowest BCUT2D eigenvalue weighted by Gasteiger charge is -2.32. The average Bonchev–Trinajstić information content (AvgIpc) is 2.97. The summed E-state index contributed by atoms with van der Waals surface area (Å²) in [4.78, 5) is 9.38. The van der Waals surface area contributed by atoms with Gasteiger partial charge in [-0.2, -0.15) is 0 Å². The number of hydrogen-bond acceptors (Lipinski definition) is 5. The molecular formula is C18H27N3O2. The largest absolute Gasteiger partial charge is 0.493 e. The molecule has 0 amide bonds. The van der Waals surface area contributed by atoms with Crippen LogP contribution in [0.1, 0.15) is 32.1 Å². The van der Waals surface area contributed by atoms with Gasteiger partial charge in [-0.15, -0.1) is 0 Å². The molecule has 0 bridgehead atoms. The maximum Gasteiger partial charge on any atom is 0.198 e. The van der Waals surface area contributed by atoms with Gasteiger partial charge in [0, 0.05) is 44.7 Å². The molecule has 0 radical (unpaired) electrons. The smallest absolute Gasteiger partial charge is 0.198 e. The molecule has 5 nitrogen and oxygen atoms in total. The molecule has 0 atom stereocenters. The van der Waals surface area contributed by atoms with Crippen LogP contribution in [0.4, 0.5) is 0 Å². The summed E-state index contributed by atoms with van der Waals surface area (Å²) in [6.45, 7) is 10.7. The molecule has 0 spiro atoms. The fraction of sp³-hybridized carbons (Fsp3) is 0.611. The van der Waals surface area contributed by atoms with Crippen LogP contribution in [0.5, 0.6) is 5.75 Å². The van der Waals surface area contributed by atoms with Crippen molar-refractivity contribution in [2.24, 2.45) is 0 Å². The normalized spacial score (nSPS) is 17.2. The van der Waals surface area contributed by atoms with Gasteiger partial charge in [0.1, 0.15) is 11.3 Å². The highest BCUT2D eigenvalue weighted by molar-refractivity contribution is 5.74. The van der Waals surface area contributed by atoms with Crippen LogP contribution >= 0.6 is 0 Å². The Kier molecular flexibility index (Phi) is 5.18. The van der Waals surface area contributed by atoms with Crippen molar-refractivity contribution in [1.82, 2.24) is 14.8 Å². The first-order valence-electron chi connectivity index (χ1n) is 8.56. The standard InChI is InChI=1S/C18H27N3O2/c1-14(2)18-19-16-6-5-15(13-17(16)23-18)22-12-4-7-21-10-8-20(3)9-11-21/h5-6,13-14H,4,7-12H2,1-3H3. The minimum atomic E-state index is 0.301. The Labute approximate surface area is 138 Å². The quantitative estimate of drug-likeness (QED) is 0.766. The summed E-state index contributed by atoms with van der Waals surface area (Å²) in [5.74, 6) is 1.95. The van der Waals surface area contributed by atoms with Gasteiger partial charge in [-0.25, -0.2) is 4.98 Å². The molecule has 5 heteroatoms. The van der Waals surface area contributed by atoms with E-state index < -0.39 is 0 Å². The zero-order chi connectivity index (χ0) is 16.2. The topological polar surface area (TPSA) is 41.7 Å². The second-order valence-electron chi connectivity index (χ2n) is 6.68. The molecule has 1 saturated heterocycles. The number of nitrogens with zero attached hydrogens (tertiary/aromatic N) is 3. The molecule has 0 N–H and O–H groups in total. The van der Waals surface area contributed by atoms with E-state index in [1.807, 2.05) is 18.2 Å². The van der Waals surface area contributed by atoms with Crippen LogP contribution in [0.15, 0.2) is 22.6 Å². The Hall–Kier alpha value is -1.59. The highest BCUT2D eigenvalue weighted by atomic mass is 16.5. The van der Waals surface area contributed by atoms with Crippen molar-refractivity contribution in [2.75, 3.05) is 46.4 Å². The van der Waals surface area contributed by atoms with E-state index in [9.17, 15) is 0 Å². The molecule has 2 heterocycles. The van der Waals surface area contributed by atoms with Gasteiger partial charge in [0.05, 0.1) is 6.61 Å². The molecular weight excluding hydrogens is 290 g/mol. The summed E-state index contributed by atoms with van der Waals surface area (Å²) in [6.07, 6.45) is 1.05. The lowest BCUT2D eigenvalue weighted by molar-refractivity contribution is 0.145. The van der Waals surface area contributed by atoms with Crippen molar-refractivity contribution in [3.05, 3.63) is 24.1 Å². The van der Waals surface area contributed by atoms with Crippen LogP contribution in [-0.4, -0.2) is 61.2 Å². The highest BCUT2D eigenvalue weighted by Gasteiger charge is 2.13. The van der Waals surface area contributed by atoms with E-state index >= 15 is 0 Å². The second-order valence-corrected chi connectivity index (χ2v) is 6.68. The van der Waals surface area contributed by atoms with Gasteiger partial charge < -0.3 is 19.0 Å². The fourth-order valence-corrected chi connectivity index (χ4v) is 2.81. The number of likely N-dealkylation sites (N-methyl/N-ethyl adjacent to an activating group) is 1. The number of ether oxygens (including phenoxy) is 1. The molecule has 1 aromatic carbocycles. The van der Waals surface area contributed by atoms with Gasteiger partial charge >= 0.3 is 0 Å². The van der Waals surface area contributed by atoms with E-state index in [0.717, 1.165) is 42.3 Å². The first-order chi connectivity index (χ1) is 11.1. The van der Waals surface area contributed by atoms with Crippen molar-refractivity contribution in [3.8, 4) is 5.75 Å². The van der Waals surface area contributed by atoms with Gasteiger partial charge in [0.25, 0.3) is 0 Å². The van der Waals surface area contributed by atoms with Crippen molar-refractivity contribution >= 4 is 11.1 Å². The Bertz CT molecular complexity index is 630. The first-order valence-corrected chi connectivity index (χ1v) is 8.56. The molecule has 1 aliphatic heterocycles. The predicted octanol–water partition coefficient (Wildman–Crippen LogP) is 2.97. The lowest BCUT2D eigenvalue weighted by atomic mass is 10.2. The van der Waals surface area contributed by atoms with Gasteiger partial charge in [-0.05, 0) is 25.6 Å². The van der Waals surface area contributed by atoms with Crippen LogP contribution in [0.25, 0.3) is 11.1 Å². The molecule has 1 fully saturated rings. The number of aromatic nitrogens is 1. The lowest BCUT2D eigenvalue weighted by Crippen LogP contribution is -2.44. The third-order valence-corrected chi connectivity index (χ3v) is 4.35. The molecule has 0 aliphatic carbocycles. The maximum atomic E-state index is 5.87. The zero-order valence-corrected chi connectivity index (χ0v) is 14.4. The molecule has 23 heavy (non-hydrogen) atoms. The van der Waals surface area contributed by atoms with Crippen LogP contribution in [-0.2, 0) is 0 Å². The highest BCUT2D eigenvalue weighted by Crippen LogP contribution is 2.24. The van der Waals surface area contributed by atoms with Crippen molar-refractivity contribution < 1.29 is 9.15 Å². The van der Waals surface area contributed by atoms with E-state index in [0.29, 0.717) is 5.92 Å². The molecule has 2 aromatic rings. The molecule has 1 aliphatic rings. The fourth-order valence-electron chi connectivity index (χ4n) is 2.81. The summed E-state index contributed by atoms with van der Waals surface area (Å²) < 4.78 is 11.6. The van der Waals surface area contributed by atoms with Gasteiger partial charge in [-0.1, -0.05) is 13.8 Å². The number of benzene rings is 1. The van der Waals surface area contributed by atoms with E-state index in [4.69, 9.17) is 9.15 Å². The number of rotatable bonds is 6. The van der Waals surface area contributed by atoms with Crippen LogP contribution < -0.4 is 4.74 Å². The molecule has 1 aromatic heterocycles. The monoisotopic (exact) mass is 317 g/mol. The van der Waals surface area contributed by atoms with Gasteiger partial charge in [0.15, 0.2) is 11.5 Å². The summed E-state index contributed by atoms with van der Waals surface area (Å²) in [7, 11) is 2.19. The summed E-state index contributed by atoms with van der Waals surface area (Å²) >= 11 is 0. The van der Waals surface area contributed by atoms with Crippen LogP contribution in [0.2, 0.25) is 0 Å². The Morgan fingerprint density at radius 3 is 2.74 bits per heavy atom. The van der Waals surface area contributed by atoms with Crippen molar-refractivity contribution in [2.45, 2.75) is 26.2 Å².